The molecule has 0 spiro atoms. The molecule has 1 saturated carbocycles. The molecule has 8 heteroatoms. The molecule has 1 aromatic rings. The summed E-state index contributed by atoms with van der Waals surface area (Å²) in [6, 6.07) is 0. The van der Waals surface area contributed by atoms with Crippen molar-refractivity contribution < 1.29 is 28.7 Å². The Bertz CT molecular complexity index is 887. The number of hydrogen-bond acceptors (Lipinski definition) is 6. The van der Waals surface area contributed by atoms with Crippen LogP contribution in [0, 0.1) is 19.3 Å². The van der Waals surface area contributed by atoms with Crippen LogP contribution in [-0.2, 0) is 19.1 Å². The number of nitrogens with one attached hydrogen (secondary N) is 2. The second-order valence-corrected chi connectivity index (χ2v) is 9.72. The molecule has 178 valence electrons. The highest BCUT2D eigenvalue weighted by molar-refractivity contribution is 6.04. The van der Waals surface area contributed by atoms with Crippen LogP contribution < -0.4 is 5.32 Å². The van der Waals surface area contributed by atoms with Gasteiger partial charge in [-0.2, -0.15) is 0 Å². The van der Waals surface area contributed by atoms with Crippen molar-refractivity contribution in [1.82, 2.24) is 10.3 Å². The molecule has 32 heavy (non-hydrogen) atoms. The zero-order valence-electron chi connectivity index (χ0n) is 20.3. The minimum atomic E-state index is -1.06. The van der Waals surface area contributed by atoms with Crippen molar-refractivity contribution in [2.24, 2.45) is 5.41 Å². The van der Waals surface area contributed by atoms with Crippen LogP contribution in [0.4, 0.5) is 0 Å². The van der Waals surface area contributed by atoms with E-state index in [-0.39, 0.29) is 24.6 Å². The fraction of sp³-hybridized carbons (Fsp3) is 0.667. The highest BCUT2D eigenvalue weighted by Crippen LogP contribution is 2.42. The lowest BCUT2D eigenvalue weighted by Gasteiger charge is -2.29. The van der Waals surface area contributed by atoms with E-state index in [2.05, 4.69) is 10.3 Å². The predicted molar refractivity (Wildman–Crippen MR) is 120 cm³/mol. The van der Waals surface area contributed by atoms with E-state index in [1.807, 2.05) is 20.8 Å². The Morgan fingerprint density at radius 3 is 2.25 bits per heavy atom. The van der Waals surface area contributed by atoms with Crippen LogP contribution in [0.15, 0.2) is 0 Å². The van der Waals surface area contributed by atoms with Crippen molar-refractivity contribution in [2.75, 3.05) is 6.61 Å². The molecule has 1 atom stereocenters. The monoisotopic (exact) mass is 448 g/mol. The molecule has 1 unspecified atom stereocenters. The molecule has 0 saturated heterocycles. The second-order valence-electron chi connectivity index (χ2n) is 9.72. The van der Waals surface area contributed by atoms with E-state index in [0.29, 0.717) is 29.7 Å². The van der Waals surface area contributed by atoms with E-state index < -0.39 is 34.8 Å². The van der Waals surface area contributed by atoms with Crippen molar-refractivity contribution in [3.05, 3.63) is 22.5 Å². The third-order valence-corrected chi connectivity index (χ3v) is 5.82. The van der Waals surface area contributed by atoms with Gasteiger partial charge in [0.25, 0.3) is 0 Å². The summed E-state index contributed by atoms with van der Waals surface area (Å²) in [5.74, 6) is -1.66. The average molecular weight is 449 g/mol. The molecule has 0 radical (unpaired) electrons. The van der Waals surface area contributed by atoms with Crippen LogP contribution in [0.2, 0.25) is 0 Å². The zero-order chi connectivity index (χ0) is 24.3. The first kappa shape index (κ1) is 25.6. The lowest BCUT2D eigenvalue weighted by atomic mass is 9.82. The minimum Gasteiger partial charge on any atom is -0.462 e. The van der Waals surface area contributed by atoms with Gasteiger partial charge >= 0.3 is 11.9 Å². The first-order valence-electron chi connectivity index (χ1n) is 11.2. The maximum atomic E-state index is 13.1. The lowest BCUT2D eigenvalue weighted by Crippen LogP contribution is -2.45. The molecule has 1 heterocycles. The van der Waals surface area contributed by atoms with Gasteiger partial charge in [0.2, 0.25) is 11.7 Å². The Balaban J connectivity index is 2.16. The Labute approximate surface area is 189 Å². The van der Waals surface area contributed by atoms with Crippen molar-refractivity contribution in [3.63, 3.8) is 0 Å². The number of hydrogen-bond donors (Lipinski definition) is 2. The van der Waals surface area contributed by atoms with Gasteiger partial charge in [0.15, 0.2) is 6.10 Å². The quantitative estimate of drug-likeness (QED) is 0.462. The number of ether oxygens (including phenoxy) is 2. The molecule has 1 aliphatic rings. The summed E-state index contributed by atoms with van der Waals surface area (Å²) in [7, 11) is 0. The smallest absolute Gasteiger partial charge is 0.340 e. The molecule has 0 aromatic carbocycles. The summed E-state index contributed by atoms with van der Waals surface area (Å²) in [5, 5.41) is 2.90. The molecule has 2 rings (SSSR count). The standard InChI is InChI=1S/C24H36N2O6/c1-8-31-21(29)18-14(2)19(25-15(18)3)20(28)16(4)32-22(30)24(11-9-10-12-24)13-17(27)26-23(5,6)7/h16,25H,8-13H2,1-7H3,(H,26,27). The van der Waals surface area contributed by atoms with Gasteiger partial charge in [0.1, 0.15) is 0 Å². The maximum Gasteiger partial charge on any atom is 0.340 e. The van der Waals surface area contributed by atoms with Gasteiger partial charge in [-0.1, -0.05) is 12.8 Å². The van der Waals surface area contributed by atoms with Crippen molar-refractivity contribution in [2.45, 2.75) is 92.2 Å². The first-order valence-corrected chi connectivity index (χ1v) is 11.2. The topological polar surface area (TPSA) is 115 Å². The van der Waals surface area contributed by atoms with Gasteiger partial charge in [-0.3, -0.25) is 14.4 Å². The van der Waals surface area contributed by atoms with Gasteiger partial charge in [0.05, 0.1) is 23.3 Å². The van der Waals surface area contributed by atoms with E-state index >= 15 is 0 Å². The molecule has 1 aromatic heterocycles. The zero-order valence-corrected chi connectivity index (χ0v) is 20.3. The Kier molecular flexibility index (Phi) is 7.91. The number of carbonyl (C=O) groups excluding carboxylic acids is 4. The van der Waals surface area contributed by atoms with E-state index in [4.69, 9.17) is 9.47 Å². The minimum absolute atomic E-state index is 0.0393. The molecule has 0 bridgehead atoms. The fourth-order valence-corrected chi connectivity index (χ4v) is 4.32. The first-order chi connectivity index (χ1) is 14.8. The van der Waals surface area contributed by atoms with Gasteiger partial charge in [-0.25, -0.2) is 4.79 Å². The van der Waals surface area contributed by atoms with Crippen LogP contribution in [-0.4, -0.2) is 46.9 Å². The molecular weight excluding hydrogens is 412 g/mol. The van der Waals surface area contributed by atoms with E-state index in [0.717, 1.165) is 12.8 Å². The third kappa shape index (κ3) is 5.78. The summed E-state index contributed by atoms with van der Waals surface area (Å²) >= 11 is 0. The summed E-state index contributed by atoms with van der Waals surface area (Å²) in [6.45, 7) is 12.5. The van der Waals surface area contributed by atoms with Gasteiger partial charge < -0.3 is 19.8 Å². The fourth-order valence-electron chi connectivity index (χ4n) is 4.32. The predicted octanol–water partition coefficient (Wildman–Crippen LogP) is 3.79. The third-order valence-electron chi connectivity index (χ3n) is 5.82. The van der Waals surface area contributed by atoms with Crippen LogP contribution in [0.1, 0.15) is 98.8 Å². The summed E-state index contributed by atoms with van der Waals surface area (Å²) in [6.07, 6.45) is 1.75. The number of esters is 2. The number of Topliss-reactive ketones (excluding diaryl/α,β-unsaturated/α-hetero) is 1. The number of ketones is 1. The van der Waals surface area contributed by atoms with Crippen molar-refractivity contribution >= 4 is 23.6 Å². The summed E-state index contributed by atoms with van der Waals surface area (Å²) in [4.78, 5) is 53.8. The molecule has 1 amide bonds. The van der Waals surface area contributed by atoms with Crippen LogP contribution in [0.25, 0.3) is 0 Å². The SMILES string of the molecule is CCOC(=O)c1c(C)[nH]c(C(=O)C(C)OC(=O)C2(CC(=O)NC(C)(C)C)CCCC2)c1C. The van der Waals surface area contributed by atoms with E-state index in [1.165, 1.54) is 6.92 Å². The number of aromatic nitrogens is 1. The number of rotatable bonds is 8. The number of carbonyl (C=O) groups is 4. The maximum absolute atomic E-state index is 13.1. The lowest BCUT2D eigenvalue weighted by molar-refractivity contribution is -0.160. The van der Waals surface area contributed by atoms with Gasteiger partial charge in [-0.15, -0.1) is 0 Å². The van der Waals surface area contributed by atoms with Gasteiger partial charge in [0, 0.05) is 17.7 Å². The molecule has 1 aliphatic carbocycles. The van der Waals surface area contributed by atoms with E-state index in [1.54, 1.807) is 20.8 Å². The number of aromatic amines is 1. The highest BCUT2D eigenvalue weighted by Gasteiger charge is 2.45. The Hall–Kier alpha value is -2.64. The number of H-pyrrole nitrogens is 1. The van der Waals surface area contributed by atoms with Crippen LogP contribution >= 0.6 is 0 Å². The Morgan fingerprint density at radius 1 is 1.12 bits per heavy atom. The molecule has 8 nitrogen and oxygen atoms in total. The molecule has 1 fully saturated rings. The van der Waals surface area contributed by atoms with Crippen molar-refractivity contribution in [3.8, 4) is 0 Å². The molecule has 0 aliphatic heterocycles. The highest BCUT2D eigenvalue weighted by atomic mass is 16.5. The summed E-state index contributed by atoms with van der Waals surface area (Å²) in [5.41, 5.74) is 0.212. The van der Waals surface area contributed by atoms with E-state index in [9.17, 15) is 19.2 Å². The molecule has 2 N–H and O–H groups in total. The second kappa shape index (κ2) is 9.88. The average Bonchev–Trinajstić information content (AvgIpc) is 3.24. The van der Waals surface area contributed by atoms with Crippen LogP contribution in [0.5, 0.6) is 0 Å². The molecular formula is C24H36N2O6. The Morgan fingerprint density at radius 2 is 1.72 bits per heavy atom. The van der Waals surface area contributed by atoms with Crippen LogP contribution in [0.3, 0.4) is 0 Å². The van der Waals surface area contributed by atoms with Gasteiger partial charge in [-0.05, 0) is 66.9 Å². The normalized spacial score (nSPS) is 16.3. The van der Waals surface area contributed by atoms with Crippen molar-refractivity contribution in [1.29, 1.82) is 0 Å². The number of aryl methyl sites for hydroxylation is 1. The summed E-state index contributed by atoms with van der Waals surface area (Å²) < 4.78 is 10.7. The number of amides is 1. The largest absolute Gasteiger partial charge is 0.462 e.